The van der Waals surface area contributed by atoms with Crippen LogP contribution in [-0.2, 0) is 13.6 Å². The Morgan fingerprint density at radius 2 is 1.83 bits per heavy atom. The van der Waals surface area contributed by atoms with Gasteiger partial charge < -0.3 is 9.05 Å². The highest BCUT2D eigenvalue weighted by Gasteiger charge is 2.34. The molecule has 0 N–H and O–H groups in total. The highest BCUT2D eigenvalue weighted by Crippen LogP contribution is 2.61. The molecule has 0 aliphatic carbocycles. The van der Waals surface area contributed by atoms with Crippen LogP contribution in [0.3, 0.4) is 0 Å². The number of benzene rings is 1. The van der Waals surface area contributed by atoms with E-state index in [0.717, 1.165) is 0 Å². The van der Waals surface area contributed by atoms with E-state index in [2.05, 4.69) is 6.07 Å². The number of hydrogen-bond donors (Lipinski definition) is 0. The maximum Gasteiger partial charge on any atom is 0.337 e. The maximum absolute atomic E-state index is 12.6. The van der Waals surface area contributed by atoms with E-state index in [4.69, 9.17) is 14.3 Å². The number of hydrogen-bond acceptors (Lipinski definition) is 4. The van der Waals surface area contributed by atoms with Crippen molar-refractivity contribution in [2.75, 3.05) is 13.2 Å². The van der Waals surface area contributed by atoms with Gasteiger partial charge in [-0.3, -0.25) is 4.57 Å². The van der Waals surface area contributed by atoms with E-state index in [-0.39, 0.29) is 0 Å². The minimum absolute atomic E-state index is 0.316. The molecule has 0 spiro atoms. The summed E-state index contributed by atoms with van der Waals surface area (Å²) in [5, 5.41) is 9.07. The smallest absolute Gasteiger partial charge is 0.308 e. The Balaban J connectivity index is 3.14. The lowest BCUT2D eigenvalue weighted by Gasteiger charge is -2.24. The van der Waals surface area contributed by atoms with Gasteiger partial charge in [0.2, 0.25) is 0 Å². The first-order valence-corrected chi connectivity index (χ1v) is 7.58. The summed E-state index contributed by atoms with van der Waals surface area (Å²) in [6, 6.07) is 9.18. The summed E-state index contributed by atoms with van der Waals surface area (Å²) in [6.07, 6.45) is 0. The first-order valence-electron chi connectivity index (χ1n) is 5.96. The van der Waals surface area contributed by atoms with E-state index in [1.807, 2.05) is 6.07 Å². The van der Waals surface area contributed by atoms with Gasteiger partial charge in [-0.15, -0.1) is 0 Å². The Bertz CT molecular complexity index is 471. The lowest BCUT2D eigenvalue weighted by atomic mass is 10.1. The zero-order valence-corrected chi connectivity index (χ0v) is 11.8. The summed E-state index contributed by atoms with van der Waals surface area (Å²) in [5.74, 6) is 0. The molecule has 0 aliphatic rings. The zero-order chi connectivity index (χ0) is 13.6. The fourth-order valence-corrected chi connectivity index (χ4v) is 3.56. The average Bonchev–Trinajstić information content (AvgIpc) is 2.38. The second kappa shape index (κ2) is 6.70. The Morgan fingerprint density at radius 3 is 2.33 bits per heavy atom. The second-order valence-corrected chi connectivity index (χ2v) is 6.12. The van der Waals surface area contributed by atoms with Crippen LogP contribution in [0, 0.1) is 11.3 Å². The van der Waals surface area contributed by atoms with E-state index in [1.165, 1.54) is 0 Å². The van der Waals surface area contributed by atoms with Crippen molar-refractivity contribution in [2.45, 2.75) is 26.4 Å². The predicted octanol–water partition coefficient (Wildman–Crippen LogP) is 3.89. The van der Waals surface area contributed by atoms with Gasteiger partial charge in [-0.25, -0.2) is 0 Å². The Labute approximate surface area is 108 Å². The SMILES string of the molecule is CCOP(=O)(OCC)C(C)c1ccccc1C#N. The van der Waals surface area contributed by atoms with Gasteiger partial charge in [-0.1, -0.05) is 18.2 Å². The Hall–Kier alpha value is -1.14. The maximum atomic E-state index is 12.6. The van der Waals surface area contributed by atoms with Crippen molar-refractivity contribution in [3.63, 3.8) is 0 Å². The van der Waals surface area contributed by atoms with E-state index < -0.39 is 13.3 Å². The van der Waals surface area contributed by atoms with Crippen molar-refractivity contribution in [3.05, 3.63) is 35.4 Å². The molecule has 0 fully saturated rings. The fraction of sp³-hybridized carbons (Fsp3) is 0.462. The van der Waals surface area contributed by atoms with Crippen LogP contribution in [0.15, 0.2) is 24.3 Å². The highest BCUT2D eigenvalue weighted by molar-refractivity contribution is 7.54. The third kappa shape index (κ3) is 3.20. The van der Waals surface area contributed by atoms with Crippen LogP contribution >= 0.6 is 7.60 Å². The van der Waals surface area contributed by atoms with Crippen LogP contribution < -0.4 is 0 Å². The van der Waals surface area contributed by atoms with Crippen LogP contribution in [0.2, 0.25) is 0 Å². The van der Waals surface area contributed by atoms with Gasteiger partial charge in [0.25, 0.3) is 0 Å². The molecule has 0 amide bonds. The number of rotatable bonds is 6. The largest absolute Gasteiger partial charge is 0.337 e. The molecule has 0 radical (unpaired) electrons. The summed E-state index contributed by atoms with van der Waals surface area (Å²) < 4.78 is 23.2. The van der Waals surface area contributed by atoms with Crippen molar-refractivity contribution in [1.82, 2.24) is 0 Å². The van der Waals surface area contributed by atoms with E-state index in [1.54, 1.807) is 39.0 Å². The van der Waals surface area contributed by atoms with Crippen molar-refractivity contribution < 1.29 is 13.6 Å². The van der Waals surface area contributed by atoms with Gasteiger partial charge in [0, 0.05) is 0 Å². The summed E-state index contributed by atoms with van der Waals surface area (Å²) >= 11 is 0. The quantitative estimate of drug-likeness (QED) is 0.734. The van der Waals surface area contributed by atoms with Gasteiger partial charge in [0.1, 0.15) is 0 Å². The molecule has 0 heterocycles. The van der Waals surface area contributed by atoms with Crippen LogP contribution in [0.1, 0.15) is 37.6 Å². The lowest BCUT2D eigenvalue weighted by Crippen LogP contribution is -2.05. The average molecular weight is 267 g/mol. The van der Waals surface area contributed by atoms with Crippen molar-refractivity contribution >= 4 is 7.60 Å². The van der Waals surface area contributed by atoms with Crippen molar-refractivity contribution in [3.8, 4) is 6.07 Å². The molecule has 1 rings (SSSR count). The molecule has 1 atom stereocenters. The number of nitrogens with zero attached hydrogens (tertiary/aromatic N) is 1. The highest BCUT2D eigenvalue weighted by atomic mass is 31.2. The Kier molecular flexibility index (Phi) is 5.55. The van der Waals surface area contributed by atoms with Crippen molar-refractivity contribution in [1.29, 1.82) is 5.26 Å². The van der Waals surface area contributed by atoms with Crippen LogP contribution in [0.5, 0.6) is 0 Å². The molecular formula is C13H18NO3P. The van der Waals surface area contributed by atoms with E-state index in [9.17, 15) is 4.57 Å². The summed E-state index contributed by atoms with van der Waals surface area (Å²) in [7, 11) is -3.22. The topological polar surface area (TPSA) is 59.3 Å². The summed E-state index contributed by atoms with van der Waals surface area (Å²) in [5.41, 5.74) is 0.753. The molecular weight excluding hydrogens is 249 g/mol. The molecule has 1 aromatic rings. The molecule has 18 heavy (non-hydrogen) atoms. The van der Waals surface area contributed by atoms with Gasteiger partial charge >= 0.3 is 7.60 Å². The fourth-order valence-electron chi connectivity index (χ4n) is 1.75. The summed E-state index contributed by atoms with van der Waals surface area (Å²) in [4.78, 5) is 0. The molecule has 0 aromatic heterocycles. The molecule has 0 bridgehead atoms. The van der Waals surface area contributed by atoms with Gasteiger partial charge in [0.15, 0.2) is 0 Å². The molecule has 0 aliphatic heterocycles. The lowest BCUT2D eigenvalue weighted by molar-refractivity contribution is 0.213. The molecule has 4 nitrogen and oxygen atoms in total. The van der Waals surface area contributed by atoms with Crippen LogP contribution in [-0.4, -0.2) is 13.2 Å². The van der Waals surface area contributed by atoms with Crippen LogP contribution in [0.4, 0.5) is 0 Å². The molecule has 5 heteroatoms. The third-order valence-corrected chi connectivity index (χ3v) is 5.09. The minimum atomic E-state index is -3.22. The normalized spacial score (nSPS) is 13.0. The number of nitriles is 1. The molecule has 1 aromatic carbocycles. The monoisotopic (exact) mass is 267 g/mol. The van der Waals surface area contributed by atoms with E-state index >= 15 is 0 Å². The van der Waals surface area contributed by atoms with Gasteiger partial charge in [0.05, 0.1) is 30.5 Å². The van der Waals surface area contributed by atoms with E-state index in [0.29, 0.717) is 24.3 Å². The first kappa shape index (κ1) is 14.9. The minimum Gasteiger partial charge on any atom is -0.308 e. The molecule has 0 saturated carbocycles. The summed E-state index contributed by atoms with van der Waals surface area (Å²) in [6.45, 7) is 5.94. The molecule has 1 unspecified atom stereocenters. The molecule has 98 valence electrons. The van der Waals surface area contributed by atoms with Crippen LogP contribution in [0.25, 0.3) is 0 Å². The molecule has 0 saturated heterocycles. The second-order valence-electron chi connectivity index (χ2n) is 3.75. The standard InChI is InChI=1S/C13H18NO3P/c1-4-16-18(15,17-5-2)11(3)13-9-7-6-8-12(13)10-14/h6-9,11H,4-5H2,1-3H3. The third-order valence-electron chi connectivity index (χ3n) is 2.62. The Morgan fingerprint density at radius 1 is 1.28 bits per heavy atom. The van der Waals surface area contributed by atoms with Crippen molar-refractivity contribution in [2.24, 2.45) is 0 Å². The predicted molar refractivity (Wildman–Crippen MR) is 70.4 cm³/mol. The zero-order valence-electron chi connectivity index (χ0n) is 10.9. The van der Waals surface area contributed by atoms with Gasteiger partial charge in [-0.05, 0) is 32.4 Å². The first-order chi connectivity index (χ1) is 8.59. The van der Waals surface area contributed by atoms with Gasteiger partial charge in [-0.2, -0.15) is 5.26 Å².